The maximum atomic E-state index is 11.1. The van der Waals surface area contributed by atoms with Crippen LogP contribution in [0.2, 0.25) is 0 Å². The van der Waals surface area contributed by atoms with Crippen molar-refractivity contribution in [1.29, 1.82) is 0 Å². The first kappa shape index (κ1) is 9.83. The molecule has 0 amide bonds. The van der Waals surface area contributed by atoms with Crippen molar-refractivity contribution in [2.75, 3.05) is 19.5 Å². The van der Waals surface area contributed by atoms with Crippen molar-refractivity contribution in [3.05, 3.63) is 29.8 Å². The predicted octanol–water partition coefficient (Wildman–Crippen LogP) is 1.47. The lowest BCUT2D eigenvalue weighted by Crippen LogP contribution is -1.98. The fourth-order valence-electron chi connectivity index (χ4n) is 1.37. The fourth-order valence-corrected chi connectivity index (χ4v) is 1.89. The van der Waals surface area contributed by atoms with Gasteiger partial charge in [-0.3, -0.25) is 4.21 Å². The number of hydrogen-bond acceptors (Lipinski definition) is 3. The summed E-state index contributed by atoms with van der Waals surface area (Å²) in [6, 6.07) is 7.48. The first-order chi connectivity index (χ1) is 6.77. The first-order valence-electron chi connectivity index (χ1n) is 4.44. The van der Waals surface area contributed by atoms with Gasteiger partial charge in [0, 0.05) is 27.5 Å². The molecule has 4 heteroatoms. The molecule has 1 aliphatic rings. The van der Waals surface area contributed by atoms with Crippen LogP contribution in [-0.4, -0.2) is 23.7 Å². The molecule has 1 atom stereocenters. The molecule has 1 unspecified atom stereocenters. The van der Waals surface area contributed by atoms with E-state index < -0.39 is 10.8 Å². The molecule has 1 fully saturated rings. The zero-order chi connectivity index (χ0) is 9.97. The second-order valence-electron chi connectivity index (χ2n) is 3.10. The summed E-state index contributed by atoms with van der Waals surface area (Å²) in [5.41, 5.74) is 0.983. The molecule has 0 spiro atoms. The van der Waals surface area contributed by atoms with E-state index in [-0.39, 0.29) is 6.29 Å². The van der Waals surface area contributed by atoms with E-state index in [1.807, 2.05) is 24.3 Å². The third-order valence-corrected chi connectivity index (χ3v) is 3.04. The SMILES string of the molecule is CS(=O)c1ccc(C2OCCO2)cc1. The third-order valence-electron chi connectivity index (χ3n) is 2.11. The highest BCUT2D eigenvalue weighted by atomic mass is 32.2. The van der Waals surface area contributed by atoms with Gasteiger partial charge in [-0.2, -0.15) is 0 Å². The van der Waals surface area contributed by atoms with Crippen molar-refractivity contribution in [3.8, 4) is 0 Å². The van der Waals surface area contributed by atoms with Gasteiger partial charge in [0.15, 0.2) is 6.29 Å². The zero-order valence-electron chi connectivity index (χ0n) is 7.93. The van der Waals surface area contributed by atoms with Crippen LogP contribution in [0.25, 0.3) is 0 Å². The highest BCUT2D eigenvalue weighted by Gasteiger charge is 2.17. The Hall–Kier alpha value is -0.710. The van der Waals surface area contributed by atoms with Crippen LogP contribution in [0.15, 0.2) is 29.2 Å². The Morgan fingerprint density at radius 3 is 2.29 bits per heavy atom. The summed E-state index contributed by atoms with van der Waals surface area (Å²) >= 11 is 0. The van der Waals surface area contributed by atoms with Crippen LogP contribution in [0.1, 0.15) is 11.9 Å². The van der Waals surface area contributed by atoms with Crippen molar-refractivity contribution < 1.29 is 13.7 Å². The summed E-state index contributed by atoms with van der Waals surface area (Å²) in [4.78, 5) is 0.826. The van der Waals surface area contributed by atoms with E-state index in [1.165, 1.54) is 0 Å². The molecule has 1 heterocycles. The molecular weight excluding hydrogens is 200 g/mol. The summed E-state index contributed by atoms with van der Waals surface area (Å²) in [5.74, 6) is 0. The summed E-state index contributed by atoms with van der Waals surface area (Å²) < 4.78 is 21.8. The Kier molecular flexibility index (Phi) is 2.96. The van der Waals surface area contributed by atoms with Crippen LogP contribution in [0.5, 0.6) is 0 Å². The highest BCUT2D eigenvalue weighted by Crippen LogP contribution is 2.23. The number of ether oxygens (including phenoxy) is 2. The lowest BCUT2D eigenvalue weighted by molar-refractivity contribution is -0.0441. The molecule has 0 saturated carbocycles. The molecule has 1 saturated heterocycles. The fraction of sp³-hybridized carbons (Fsp3) is 0.400. The molecule has 1 aliphatic heterocycles. The van der Waals surface area contributed by atoms with Gasteiger partial charge in [-0.25, -0.2) is 0 Å². The van der Waals surface area contributed by atoms with Crippen molar-refractivity contribution >= 4 is 10.8 Å². The van der Waals surface area contributed by atoms with Crippen LogP contribution in [0.4, 0.5) is 0 Å². The zero-order valence-corrected chi connectivity index (χ0v) is 8.75. The van der Waals surface area contributed by atoms with Gasteiger partial charge in [0.2, 0.25) is 0 Å². The second kappa shape index (κ2) is 4.21. The van der Waals surface area contributed by atoms with Gasteiger partial charge in [0.1, 0.15) is 0 Å². The van der Waals surface area contributed by atoms with Gasteiger partial charge < -0.3 is 9.47 Å². The normalized spacial score (nSPS) is 19.8. The number of rotatable bonds is 2. The van der Waals surface area contributed by atoms with E-state index >= 15 is 0 Å². The predicted molar refractivity (Wildman–Crippen MR) is 53.4 cm³/mol. The first-order valence-corrected chi connectivity index (χ1v) is 6.00. The summed E-state index contributed by atoms with van der Waals surface area (Å²) in [7, 11) is -0.920. The minimum absolute atomic E-state index is 0.241. The molecule has 14 heavy (non-hydrogen) atoms. The highest BCUT2D eigenvalue weighted by molar-refractivity contribution is 7.84. The van der Waals surface area contributed by atoms with E-state index in [2.05, 4.69) is 0 Å². The average molecular weight is 212 g/mol. The van der Waals surface area contributed by atoms with Crippen molar-refractivity contribution in [3.63, 3.8) is 0 Å². The monoisotopic (exact) mass is 212 g/mol. The molecular formula is C10H12O3S. The maximum Gasteiger partial charge on any atom is 0.184 e. The molecule has 3 nitrogen and oxygen atoms in total. The van der Waals surface area contributed by atoms with Gasteiger partial charge in [-0.05, 0) is 12.1 Å². The van der Waals surface area contributed by atoms with Crippen LogP contribution in [0, 0.1) is 0 Å². The van der Waals surface area contributed by atoms with Gasteiger partial charge >= 0.3 is 0 Å². The van der Waals surface area contributed by atoms with Gasteiger partial charge in [0.25, 0.3) is 0 Å². The Balaban J connectivity index is 2.16. The molecule has 1 aromatic carbocycles. The molecule has 76 valence electrons. The van der Waals surface area contributed by atoms with E-state index in [0.717, 1.165) is 10.5 Å². The van der Waals surface area contributed by atoms with Crippen molar-refractivity contribution in [2.24, 2.45) is 0 Å². The molecule has 2 rings (SSSR count). The van der Waals surface area contributed by atoms with Crippen LogP contribution in [0.3, 0.4) is 0 Å². The maximum absolute atomic E-state index is 11.1. The van der Waals surface area contributed by atoms with E-state index in [4.69, 9.17) is 9.47 Å². The number of hydrogen-bond donors (Lipinski definition) is 0. The molecule has 0 N–H and O–H groups in total. The van der Waals surface area contributed by atoms with Crippen molar-refractivity contribution in [1.82, 2.24) is 0 Å². The average Bonchev–Trinajstić information content (AvgIpc) is 2.71. The minimum Gasteiger partial charge on any atom is -0.346 e. The van der Waals surface area contributed by atoms with Gasteiger partial charge in [-0.15, -0.1) is 0 Å². The smallest absolute Gasteiger partial charge is 0.184 e. The number of benzene rings is 1. The molecule has 0 aliphatic carbocycles. The van der Waals surface area contributed by atoms with E-state index in [9.17, 15) is 4.21 Å². The van der Waals surface area contributed by atoms with E-state index in [0.29, 0.717) is 13.2 Å². The molecule has 0 aromatic heterocycles. The topological polar surface area (TPSA) is 35.5 Å². The Morgan fingerprint density at radius 1 is 1.21 bits per heavy atom. The minimum atomic E-state index is -0.920. The van der Waals surface area contributed by atoms with Crippen molar-refractivity contribution in [2.45, 2.75) is 11.2 Å². The largest absolute Gasteiger partial charge is 0.346 e. The van der Waals surface area contributed by atoms with Crippen LogP contribution >= 0.6 is 0 Å². The summed E-state index contributed by atoms with van der Waals surface area (Å²) in [5, 5.41) is 0. The Bertz CT molecular complexity index is 328. The van der Waals surface area contributed by atoms with Gasteiger partial charge in [0.05, 0.1) is 13.2 Å². The molecule has 0 radical (unpaired) electrons. The van der Waals surface area contributed by atoms with Crippen LogP contribution in [-0.2, 0) is 20.3 Å². The lowest BCUT2D eigenvalue weighted by atomic mass is 10.2. The van der Waals surface area contributed by atoms with E-state index in [1.54, 1.807) is 6.26 Å². The molecule has 0 bridgehead atoms. The Morgan fingerprint density at radius 2 is 1.79 bits per heavy atom. The second-order valence-corrected chi connectivity index (χ2v) is 4.48. The quantitative estimate of drug-likeness (QED) is 0.744. The van der Waals surface area contributed by atoms with Crippen LogP contribution < -0.4 is 0 Å². The van der Waals surface area contributed by atoms with Gasteiger partial charge in [-0.1, -0.05) is 12.1 Å². The molecule has 1 aromatic rings. The summed E-state index contributed by atoms with van der Waals surface area (Å²) in [6.07, 6.45) is 1.42. The lowest BCUT2D eigenvalue weighted by Gasteiger charge is -2.08. The Labute approximate surface area is 85.5 Å². The standard InChI is InChI=1S/C10H12O3S/c1-14(11)9-4-2-8(3-5-9)10-12-6-7-13-10/h2-5,10H,6-7H2,1H3. The summed E-state index contributed by atoms with van der Waals surface area (Å²) in [6.45, 7) is 1.29. The third kappa shape index (κ3) is 2.03.